The number of benzene rings is 2. The third kappa shape index (κ3) is 3.11. The second-order valence-corrected chi connectivity index (χ2v) is 7.90. The molecular formula is C18H13F6N3OS. The molecule has 154 valence electrons. The van der Waals surface area contributed by atoms with E-state index in [0.29, 0.717) is 22.7 Å². The SMILES string of the molecule is CN1CSC(C(F)(F)F)c2ccc3c(c(C(=O)C(F)(F)F)cc4cn(C)nc43)c21. The standard InChI is InChI=1S/C18H13F6N3OS/c1-26-7-29-16(18(22,23)24)10-4-3-9-12(14(10)26)11(15(28)17(19,20)21)5-8-6-27(2)25-13(8)9/h3-6,16H,7H2,1-2H3. The van der Waals surface area contributed by atoms with Crippen LogP contribution < -0.4 is 4.90 Å². The Morgan fingerprint density at radius 3 is 2.48 bits per heavy atom. The number of thioether (sulfide) groups is 1. The maximum absolute atomic E-state index is 13.5. The Kier molecular flexibility index (Phi) is 4.30. The summed E-state index contributed by atoms with van der Waals surface area (Å²) in [4.78, 5) is 13.6. The van der Waals surface area contributed by atoms with Crippen molar-refractivity contribution in [1.29, 1.82) is 0 Å². The molecule has 0 fully saturated rings. The van der Waals surface area contributed by atoms with Crippen LogP contribution in [0.5, 0.6) is 0 Å². The van der Waals surface area contributed by atoms with E-state index in [1.807, 2.05) is 0 Å². The van der Waals surface area contributed by atoms with Gasteiger partial charge < -0.3 is 4.90 Å². The van der Waals surface area contributed by atoms with E-state index in [9.17, 15) is 31.1 Å². The molecule has 1 aliphatic heterocycles. The molecule has 2 heterocycles. The molecule has 29 heavy (non-hydrogen) atoms. The van der Waals surface area contributed by atoms with Gasteiger partial charge >= 0.3 is 12.4 Å². The number of aromatic nitrogens is 2. The molecule has 0 saturated heterocycles. The van der Waals surface area contributed by atoms with E-state index in [4.69, 9.17) is 0 Å². The lowest BCUT2D eigenvalue weighted by Gasteiger charge is -2.35. The van der Waals surface area contributed by atoms with E-state index in [-0.39, 0.29) is 27.9 Å². The third-order valence-electron chi connectivity index (χ3n) is 4.79. The molecule has 11 heteroatoms. The molecule has 1 aromatic heterocycles. The molecule has 4 nitrogen and oxygen atoms in total. The molecule has 1 atom stereocenters. The first-order valence-electron chi connectivity index (χ1n) is 8.33. The summed E-state index contributed by atoms with van der Waals surface area (Å²) in [5.74, 6) is -2.19. The van der Waals surface area contributed by atoms with Gasteiger partial charge in [0.15, 0.2) is 0 Å². The number of fused-ring (bicyclic) bond motifs is 5. The van der Waals surface area contributed by atoms with Crippen molar-refractivity contribution in [2.45, 2.75) is 17.6 Å². The van der Waals surface area contributed by atoms with Gasteiger partial charge in [0.1, 0.15) is 10.8 Å². The van der Waals surface area contributed by atoms with E-state index in [2.05, 4.69) is 5.10 Å². The monoisotopic (exact) mass is 433 g/mol. The molecule has 0 radical (unpaired) electrons. The molecule has 2 aromatic carbocycles. The van der Waals surface area contributed by atoms with Gasteiger partial charge in [-0.05, 0) is 11.6 Å². The predicted molar refractivity (Wildman–Crippen MR) is 98.3 cm³/mol. The molecule has 4 rings (SSSR count). The summed E-state index contributed by atoms with van der Waals surface area (Å²) < 4.78 is 81.9. The van der Waals surface area contributed by atoms with Gasteiger partial charge in [-0.3, -0.25) is 9.48 Å². The van der Waals surface area contributed by atoms with Gasteiger partial charge in [0.05, 0.1) is 11.6 Å². The highest BCUT2D eigenvalue weighted by atomic mass is 32.2. The molecule has 1 unspecified atom stereocenters. The average molecular weight is 433 g/mol. The van der Waals surface area contributed by atoms with Gasteiger partial charge in [-0.25, -0.2) is 0 Å². The first-order valence-corrected chi connectivity index (χ1v) is 9.38. The fraction of sp³-hybridized carbons (Fsp3) is 0.333. The van der Waals surface area contributed by atoms with Gasteiger partial charge in [0, 0.05) is 42.0 Å². The highest BCUT2D eigenvalue weighted by Crippen LogP contribution is 2.53. The van der Waals surface area contributed by atoms with Crippen molar-refractivity contribution in [3.8, 4) is 0 Å². The molecule has 0 saturated carbocycles. The van der Waals surface area contributed by atoms with E-state index < -0.39 is 28.9 Å². The molecule has 3 aromatic rings. The number of carbonyl (C=O) groups excluding carboxylic acids is 1. The number of hydrogen-bond donors (Lipinski definition) is 0. The van der Waals surface area contributed by atoms with E-state index in [1.165, 1.54) is 35.0 Å². The second kappa shape index (κ2) is 6.28. The maximum Gasteiger partial charge on any atom is 0.454 e. The number of rotatable bonds is 1. The highest BCUT2D eigenvalue weighted by molar-refractivity contribution is 7.99. The normalized spacial score (nSPS) is 17.8. The van der Waals surface area contributed by atoms with Gasteiger partial charge in [-0.2, -0.15) is 31.4 Å². The molecule has 1 aliphatic rings. The number of alkyl halides is 6. The van der Waals surface area contributed by atoms with Crippen LogP contribution in [0.2, 0.25) is 0 Å². The first kappa shape index (κ1) is 19.9. The van der Waals surface area contributed by atoms with Crippen LogP contribution in [0.15, 0.2) is 24.4 Å². The van der Waals surface area contributed by atoms with Gasteiger partial charge in [-0.15, -0.1) is 11.8 Å². The van der Waals surface area contributed by atoms with Crippen molar-refractivity contribution in [2.75, 3.05) is 17.8 Å². The molecule has 0 bridgehead atoms. The van der Waals surface area contributed by atoms with Crippen molar-refractivity contribution in [3.63, 3.8) is 0 Å². The molecule has 0 amide bonds. The lowest BCUT2D eigenvalue weighted by Crippen LogP contribution is -2.31. The number of aryl methyl sites for hydroxylation is 1. The number of nitrogens with zero attached hydrogens (tertiary/aromatic N) is 3. The molecular weight excluding hydrogens is 420 g/mol. The van der Waals surface area contributed by atoms with Crippen LogP contribution in [0.1, 0.15) is 21.2 Å². The summed E-state index contributed by atoms with van der Waals surface area (Å²) >= 11 is 0.631. The van der Waals surface area contributed by atoms with Crippen molar-refractivity contribution in [1.82, 2.24) is 9.78 Å². The quantitative estimate of drug-likeness (QED) is 0.390. The Labute approximate surface area is 164 Å². The second-order valence-electron chi connectivity index (χ2n) is 6.83. The van der Waals surface area contributed by atoms with Gasteiger partial charge in [-0.1, -0.05) is 12.1 Å². The van der Waals surface area contributed by atoms with Crippen molar-refractivity contribution in [2.24, 2.45) is 7.05 Å². The van der Waals surface area contributed by atoms with Crippen LogP contribution in [-0.2, 0) is 7.05 Å². The smallest absolute Gasteiger partial charge is 0.365 e. The van der Waals surface area contributed by atoms with E-state index in [0.717, 1.165) is 6.07 Å². The van der Waals surface area contributed by atoms with Crippen molar-refractivity contribution in [3.05, 3.63) is 35.5 Å². The van der Waals surface area contributed by atoms with Gasteiger partial charge in [0.2, 0.25) is 0 Å². The molecule has 0 spiro atoms. The summed E-state index contributed by atoms with van der Waals surface area (Å²) in [5, 5.41) is 2.67. The Bertz CT molecular complexity index is 1150. The Balaban J connectivity index is 2.16. The fourth-order valence-electron chi connectivity index (χ4n) is 3.69. The molecule has 0 N–H and O–H groups in total. The zero-order valence-corrected chi connectivity index (χ0v) is 15.8. The van der Waals surface area contributed by atoms with Crippen LogP contribution in [0, 0.1) is 0 Å². The van der Waals surface area contributed by atoms with Crippen LogP contribution >= 0.6 is 11.8 Å². The number of hydrogen-bond acceptors (Lipinski definition) is 4. The first-order chi connectivity index (χ1) is 13.4. The predicted octanol–water partition coefficient (Wildman–Crippen LogP) is 5.22. The van der Waals surface area contributed by atoms with Crippen LogP contribution in [0.3, 0.4) is 0 Å². The fourth-order valence-corrected chi connectivity index (χ4v) is 4.75. The van der Waals surface area contributed by atoms with Crippen LogP contribution in [0.25, 0.3) is 21.7 Å². The minimum atomic E-state index is -5.17. The van der Waals surface area contributed by atoms with Gasteiger partial charge in [0.25, 0.3) is 5.78 Å². The third-order valence-corrected chi connectivity index (χ3v) is 6.18. The Morgan fingerprint density at radius 1 is 1.17 bits per heavy atom. The highest BCUT2D eigenvalue weighted by Gasteiger charge is 2.46. The Morgan fingerprint density at radius 2 is 1.86 bits per heavy atom. The minimum absolute atomic E-state index is 0.0243. The number of halogens is 6. The average Bonchev–Trinajstić information content (AvgIpc) is 2.98. The summed E-state index contributed by atoms with van der Waals surface area (Å²) in [6.07, 6.45) is -8.30. The van der Waals surface area contributed by atoms with Crippen LogP contribution in [0.4, 0.5) is 32.0 Å². The van der Waals surface area contributed by atoms with Crippen molar-refractivity contribution >= 4 is 44.9 Å². The maximum atomic E-state index is 13.5. The summed E-state index contributed by atoms with van der Waals surface area (Å²) in [5.41, 5.74) is -0.553. The van der Waals surface area contributed by atoms with E-state index in [1.54, 1.807) is 7.05 Å². The number of carbonyl (C=O) groups is 1. The van der Waals surface area contributed by atoms with E-state index >= 15 is 0 Å². The van der Waals surface area contributed by atoms with Crippen LogP contribution in [-0.4, -0.2) is 40.8 Å². The lowest BCUT2D eigenvalue weighted by atomic mass is 9.93. The largest absolute Gasteiger partial charge is 0.454 e. The number of anilines is 1. The lowest BCUT2D eigenvalue weighted by molar-refractivity contribution is -0.129. The summed E-state index contributed by atoms with van der Waals surface area (Å²) in [6, 6.07) is 3.63. The minimum Gasteiger partial charge on any atom is -0.365 e. The number of Topliss-reactive ketones (excluding diaryl/α,β-unsaturated/α-hetero) is 1. The summed E-state index contributed by atoms with van der Waals surface area (Å²) in [7, 11) is 3.06. The zero-order valence-electron chi connectivity index (χ0n) is 15.0. The molecule has 0 aliphatic carbocycles. The zero-order chi connectivity index (χ0) is 21.3. The Hall–Kier alpha value is -2.43. The topological polar surface area (TPSA) is 38.1 Å². The van der Waals surface area contributed by atoms with Crippen molar-refractivity contribution < 1.29 is 31.1 Å². The number of ketones is 1. The summed E-state index contributed by atoms with van der Waals surface area (Å²) in [6.45, 7) is 0.